The molecule has 4 nitrogen and oxygen atoms in total. The van der Waals surface area contributed by atoms with Gasteiger partial charge in [-0.2, -0.15) is 0 Å². The van der Waals surface area contributed by atoms with Gasteiger partial charge in [-0.3, -0.25) is 0 Å². The molecule has 1 heterocycles. The summed E-state index contributed by atoms with van der Waals surface area (Å²) < 4.78 is 5.57. The Morgan fingerprint density at radius 3 is 2.78 bits per heavy atom. The number of hydrogen-bond acceptors (Lipinski definition) is 4. The molecule has 1 saturated heterocycles. The number of aliphatic hydroxyl groups is 1. The first kappa shape index (κ1) is 13.2. The molecular formula is C14H22N2O2. The summed E-state index contributed by atoms with van der Waals surface area (Å²) in [4.78, 5) is 2.37. The maximum absolute atomic E-state index is 8.74. The highest BCUT2D eigenvalue weighted by atomic mass is 16.5. The molecular weight excluding hydrogens is 228 g/mol. The van der Waals surface area contributed by atoms with Crippen molar-refractivity contribution in [2.75, 3.05) is 36.9 Å². The Morgan fingerprint density at radius 1 is 1.39 bits per heavy atom. The summed E-state index contributed by atoms with van der Waals surface area (Å²) in [6.07, 6.45) is 2.30. The number of ether oxygens (including phenoxy) is 1. The molecule has 4 heteroatoms. The Bertz CT molecular complexity index is 387. The van der Waals surface area contributed by atoms with Gasteiger partial charge >= 0.3 is 0 Å². The number of hydrogen-bond donors (Lipinski definition) is 2. The van der Waals surface area contributed by atoms with E-state index in [4.69, 9.17) is 15.6 Å². The van der Waals surface area contributed by atoms with Crippen molar-refractivity contribution >= 4 is 11.4 Å². The van der Waals surface area contributed by atoms with Crippen molar-refractivity contribution in [1.29, 1.82) is 0 Å². The van der Waals surface area contributed by atoms with Gasteiger partial charge in [-0.1, -0.05) is 6.07 Å². The van der Waals surface area contributed by atoms with Gasteiger partial charge in [0.1, 0.15) is 0 Å². The van der Waals surface area contributed by atoms with E-state index in [1.165, 1.54) is 11.3 Å². The summed E-state index contributed by atoms with van der Waals surface area (Å²) in [6, 6.07) is 6.05. The largest absolute Gasteiger partial charge is 0.399 e. The summed E-state index contributed by atoms with van der Waals surface area (Å²) in [7, 11) is 0. The van der Waals surface area contributed by atoms with Crippen LogP contribution in [0.25, 0.3) is 0 Å². The van der Waals surface area contributed by atoms with Crippen LogP contribution in [0.4, 0.5) is 11.4 Å². The third-order valence-electron chi connectivity index (χ3n) is 3.46. The molecule has 0 atom stereocenters. The minimum atomic E-state index is 0.106. The first-order chi connectivity index (χ1) is 8.70. The number of rotatable bonds is 4. The molecule has 3 N–H and O–H groups in total. The number of nitrogens with zero attached hydrogens (tertiary/aromatic N) is 1. The van der Waals surface area contributed by atoms with E-state index < -0.39 is 0 Å². The summed E-state index contributed by atoms with van der Waals surface area (Å²) in [6.45, 7) is 4.64. The summed E-state index contributed by atoms with van der Waals surface area (Å²) in [5.74, 6) is 0. The van der Waals surface area contributed by atoms with E-state index in [1.807, 2.05) is 12.1 Å². The van der Waals surface area contributed by atoms with Gasteiger partial charge in [-0.15, -0.1) is 0 Å². The Hall–Kier alpha value is -1.26. The van der Waals surface area contributed by atoms with Crippen LogP contribution in [0.5, 0.6) is 0 Å². The predicted octanol–water partition coefficient (Wildman–Crippen LogP) is 1.55. The van der Waals surface area contributed by atoms with Gasteiger partial charge in [0.15, 0.2) is 0 Å². The Kier molecular flexibility index (Phi) is 4.44. The van der Waals surface area contributed by atoms with Gasteiger partial charge < -0.3 is 20.5 Å². The highest BCUT2D eigenvalue weighted by molar-refractivity contribution is 5.61. The molecule has 1 aromatic rings. The van der Waals surface area contributed by atoms with Crippen LogP contribution in [0.2, 0.25) is 0 Å². The number of aryl methyl sites for hydroxylation is 1. The minimum Gasteiger partial charge on any atom is -0.399 e. The molecule has 0 bridgehead atoms. The third-order valence-corrected chi connectivity index (χ3v) is 3.46. The first-order valence-corrected chi connectivity index (χ1v) is 6.54. The van der Waals surface area contributed by atoms with Gasteiger partial charge in [0, 0.05) is 24.5 Å². The summed E-state index contributed by atoms with van der Waals surface area (Å²) >= 11 is 0. The average molecular weight is 250 g/mol. The van der Waals surface area contributed by atoms with Gasteiger partial charge in [0.2, 0.25) is 0 Å². The van der Waals surface area contributed by atoms with E-state index in [1.54, 1.807) is 0 Å². The molecule has 1 fully saturated rings. The van der Waals surface area contributed by atoms with E-state index in [2.05, 4.69) is 17.9 Å². The van der Waals surface area contributed by atoms with E-state index in [0.717, 1.165) is 31.6 Å². The number of piperidine rings is 1. The van der Waals surface area contributed by atoms with Crippen LogP contribution >= 0.6 is 0 Å². The van der Waals surface area contributed by atoms with Crippen LogP contribution in [0.3, 0.4) is 0 Å². The molecule has 0 spiro atoms. The Labute approximate surface area is 108 Å². The van der Waals surface area contributed by atoms with Gasteiger partial charge in [0.05, 0.1) is 19.3 Å². The van der Waals surface area contributed by atoms with Crippen molar-refractivity contribution in [2.45, 2.75) is 25.9 Å². The molecule has 100 valence electrons. The maximum Gasteiger partial charge on any atom is 0.0701 e. The molecule has 1 aliphatic heterocycles. The van der Waals surface area contributed by atoms with Crippen molar-refractivity contribution in [1.82, 2.24) is 0 Å². The monoisotopic (exact) mass is 250 g/mol. The van der Waals surface area contributed by atoms with Crippen molar-refractivity contribution in [2.24, 2.45) is 0 Å². The second-order valence-electron chi connectivity index (χ2n) is 4.83. The molecule has 0 aromatic heterocycles. The number of anilines is 2. The smallest absolute Gasteiger partial charge is 0.0701 e. The normalized spacial score (nSPS) is 17.1. The molecule has 0 amide bonds. The SMILES string of the molecule is Cc1ccc(N)cc1N1CCC(OCCO)CC1. The van der Waals surface area contributed by atoms with Crippen LogP contribution in [-0.4, -0.2) is 37.5 Å². The molecule has 1 aromatic carbocycles. The number of benzene rings is 1. The molecule has 0 saturated carbocycles. The lowest BCUT2D eigenvalue weighted by Gasteiger charge is -2.34. The lowest BCUT2D eigenvalue weighted by Crippen LogP contribution is -2.37. The molecule has 18 heavy (non-hydrogen) atoms. The molecule has 0 radical (unpaired) electrons. The van der Waals surface area contributed by atoms with E-state index >= 15 is 0 Å². The van der Waals surface area contributed by atoms with Crippen LogP contribution in [0.1, 0.15) is 18.4 Å². The van der Waals surface area contributed by atoms with E-state index in [9.17, 15) is 0 Å². The highest BCUT2D eigenvalue weighted by Crippen LogP contribution is 2.26. The van der Waals surface area contributed by atoms with Crippen LogP contribution in [-0.2, 0) is 4.74 Å². The van der Waals surface area contributed by atoms with Gasteiger partial charge in [-0.25, -0.2) is 0 Å². The molecule has 1 aliphatic rings. The van der Waals surface area contributed by atoms with Gasteiger partial charge in [0.25, 0.3) is 0 Å². The Balaban J connectivity index is 1.94. The first-order valence-electron chi connectivity index (χ1n) is 6.54. The van der Waals surface area contributed by atoms with Crippen molar-refractivity contribution in [3.05, 3.63) is 23.8 Å². The highest BCUT2D eigenvalue weighted by Gasteiger charge is 2.20. The topological polar surface area (TPSA) is 58.7 Å². The Morgan fingerprint density at radius 2 is 2.11 bits per heavy atom. The van der Waals surface area contributed by atoms with Crippen molar-refractivity contribution in [3.63, 3.8) is 0 Å². The van der Waals surface area contributed by atoms with Crippen LogP contribution < -0.4 is 10.6 Å². The lowest BCUT2D eigenvalue weighted by molar-refractivity contribution is 0.0159. The van der Waals surface area contributed by atoms with Crippen LogP contribution in [0.15, 0.2) is 18.2 Å². The fourth-order valence-electron chi connectivity index (χ4n) is 2.45. The maximum atomic E-state index is 8.74. The fraction of sp³-hybridized carbons (Fsp3) is 0.571. The second kappa shape index (κ2) is 6.07. The molecule has 0 aliphatic carbocycles. The second-order valence-corrected chi connectivity index (χ2v) is 4.83. The third kappa shape index (κ3) is 3.15. The van der Waals surface area contributed by atoms with Gasteiger partial charge in [-0.05, 0) is 37.5 Å². The van der Waals surface area contributed by atoms with Crippen LogP contribution in [0, 0.1) is 6.92 Å². The quantitative estimate of drug-likeness (QED) is 0.796. The zero-order valence-corrected chi connectivity index (χ0v) is 10.9. The molecule has 2 rings (SSSR count). The van der Waals surface area contributed by atoms with Crippen molar-refractivity contribution < 1.29 is 9.84 Å². The zero-order valence-electron chi connectivity index (χ0n) is 10.9. The zero-order chi connectivity index (χ0) is 13.0. The predicted molar refractivity (Wildman–Crippen MR) is 73.9 cm³/mol. The fourth-order valence-corrected chi connectivity index (χ4v) is 2.45. The standard InChI is InChI=1S/C14H22N2O2/c1-11-2-3-12(15)10-14(11)16-6-4-13(5-7-16)18-9-8-17/h2-3,10,13,17H,4-9,15H2,1H3. The van der Waals surface area contributed by atoms with Crippen molar-refractivity contribution in [3.8, 4) is 0 Å². The van der Waals surface area contributed by atoms with E-state index in [-0.39, 0.29) is 12.7 Å². The number of nitrogen functional groups attached to an aromatic ring is 1. The number of aliphatic hydroxyl groups excluding tert-OH is 1. The summed E-state index contributed by atoms with van der Waals surface area (Å²) in [5, 5.41) is 8.74. The lowest BCUT2D eigenvalue weighted by atomic mass is 10.0. The number of nitrogens with two attached hydrogens (primary N) is 1. The minimum absolute atomic E-state index is 0.106. The molecule has 0 unspecified atom stereocenters. The average Bonchev–Trinajstić information content (AvgIpc) is 2.40. The summed E-state index contributed by atoms with van der Waals surface area (Å²) in [5.41, 5.74) is 9.16. The van der Waals surface area contributed by atoms with E-state index in [0.29, 0.717) is 6.61 Å².